The quantitative estimate of drug-likeness (QED) is 0.878. The van der Waals surface area contributed by atoms with E-state index in [1.165, 1.54) is 23.2 Å². The monoisotopic (exact) mass is 362 g/mol. The molecule has 0 bridgehead atoms. The highest BCUT2D eigenvalue weighted by atomic mass is 32.3. The highest BCUT2D eigenvalue weighted by molar-refractivity contribution is 8.24. The smallest absolute Gasteiger partial charge is 0.240 e. The molecular weight excluding hydrogens is 344 g/mol. The summed E-state index contributed by atoms with van der Waals surface area (Å²) in [6.45, 7) is 5.38. The molecule has 1 aliphatic rings. The van der Waals surface area contributed by atoms with Crippen LogP contribution in [0.5, 0.6) is 0 Å². The van der Waals surface area contributed by atoms with Gasteiger partial charge in [-0.1, -0.05) is 30.0 Å². The zero-order valence-electron chi connectivity index (χ0n) is 12.4. The van der Waals surface area contributed by atoms with E-state index in [2.05, 4.69) is 0 Å². The molecule has 122 valence electrons. The molecule has 1 atom stereocenters. The third-order valence-electron chi connectivity index (χ3n) is 3.06. The molecule has 2 rings (SSSR count). The minimum Gasteiger partial charge on any atom is -0.345 e. The summed E-state index contributed by atoms with van der Waals surface area (Å²) >= 11 is 0.740. The Balaban J connectivity index is 2.50. The third kappa shape index (κ3) is 3.32. The van der Waals surface area contributed by atoms with Crippen molar-refractivity contribution in [3.05, 3.63) is 40.8 Å². The summed E-state index contributed by atoms with van der Waals surface area (Å²) in [6, 6.07) is 7.89. The second-order valence-corrected chi connectivity index (χ2v) is 11.1. The maximum absolute atomic E-state index is 12.6. The molecule has 0 amide bonds. The molecule has 1 aromatic carbocycles. The lowest BCUT2D eigenvalue weighted by molar-refractivity contribution is 0.226. The first-order chi connectivity index (χ1) is 9.94. The van der Waals surface area contributed by atoms with Crippen LogP contribution in [0.1, 0.15) is 20.8 Å². The molecule has 0 spiro atoms. The van der Waals surface area contributed by atoms with E-state index >= 15 is 0 Å². The van der Waals surface area contributed by atoms with Gasteiger partial charge in [0.2, 0.25) is 19.9 Å². The van der Waals surface area contributed by atoms with Crippen molar-refractivity contribution < 1.29 is 16.8 Å². The summed E-state index contributed by atoms with van der Waals surface area (Å²) in [7, 11) is -7.70. The van der Waals surface area contributed by atoms with Crippen molar-refractivity contribution in [2.45, 2.75) is 35.9 Å². The van der Waals surface area contributed by atoms with Crippen LogP contribution in [0.4, 0.5) is 0 Å². The van der Waals surface area contributed by atoms with Crippen LogP contribution in [-0.4, -0.2) is 32.0 Å². The lowest BCUT2D eigenvalue weighted by Gasteiger charge is -2.35. The summed E-state index contributed by atoms with van der Waals surface area (Å²) in [5.41, 5.74) is -0.585. The molecule has 1 aliphatic heterocycles. The Hall–Kier alpha value is -1.03. The molecule has 9 heteroatoms. The first-order valence-corrected chi connectivity index (χ1v) is 10.4. The molecule has 0 fully saturated rings. The number of nitrogens with two attached hydrogens (primary N) is 1. The Bertz CT molecular complexity index is 793. The zero-order chi connectivity index (χ0) is 16.8. The van der Waals surface area contributed by atoms with E-state index < -0.39 is 30.1 Å². The Morgan fingerprint density at radius 1 is 1.09 bits per heavy atom. The van der Waals surface area contributed by atoms with Gasteiger partial charge in [-0.05, 0) is 32.9 Å². The number of sulfonamides is 1. The Labute approximate surface area is 135 Å². The van der Waals surface area contributed by atoms with Gasteiger partial charge in [0.1, 0.15) is 4.24 Å². The van der Waals surface area contributed by atoms with E-state index in [9.17, 15) is 16.8 Å². The zero-order valence-corrected chi connectivity index (χ0v) is 14.9. The van der Waals surface area contributed by atoms with Gasteiger partial charge < -0.3 is 4.90 Å². The van der Waals surface area contributed by atoms with Crippen molar-refractivity contribution in [3.63, 3.8) is 0 Å². The average Bonchev–Trinajstić information content (AvgIpc) is 2.85. The van der Waals surface area contributed by atoms with Crippen LogP contribution in [0.3, 0.4) is 0 Å². The highest BCUT2D eigenvalue weighted by Crippen LogP contribution is 2.43. The second-order valence-electron chi connectivity index (χ2n) is 5.86. The number of primary sulfonamides is 1. The molecule has 1 aromatic rings. The normalized spacial score (nSPS) is 20.1. The van der Waals surface area contributed by atoms with Crippen molar-refractivity contribution in [2.24, 2.45) is 5.14 Å². The molecule has 2 N–H and O–H groups in total. The topological polar surface area (TPSA) is 97.5 Å². The van der Waals surface area contributed by atoms with Gasteiger partial charge in [-0.2, -0.15) is 0 Å². The summed E-state index contributed by atoms with van der Waals surface area (Å²) in [4.78, 5) is 1.58. The molecule has 1 heterocycles. The van der Waals surface area contributed by atoms with Crippen LogP contribution in [0.2, 0.25) is 0 Å². The molecule has 0 radical (unpaired) electrons. The van der Waals surface area contributed by atoms with E-state index in [0.717, 1.165) is 11.8 Å². The Morgan fingerprint density at radius 3 is 2.05 bits per heavy atom. The van der Waals surface area contributed by atoms with Crippen molar-refractivity contribution in [2.75, 3.05) is 0 Å². The number of hydrogen-bond acceptors (Lipinski definition) is 6. The van der Waals surface area contributed by atoms with Crippen LogP contribution in [0.25, 0.3) is 0 Å². The average molecular weight is 362 g/mol. The highest BCUT2D eigenvalue weighted by Gasteiger charge is 2.43. The number of rotatable bonds is 3. The van der Waals surface area contributed by atoms with E-state index in [1.807, 2.05) is 0 Å². The van der Waals surface area contributed by atoms with Gasteiger partial charge in [-0.15, -0.1) is 0 Å². The van der Waals surface area contributed by atoms with E-state index in [4.69, 9.17) is 5.14 Å². The lowest BCUT2D eigenvalue weighted by Crippen LogP contribution is -2.46. The number of hydrogen-bond donors (Lipinski definition) is 1. The molecule has 1 unspecified atom stereocenters. The number of sulfone groups is 1. The summed E-state index contributed by atoms with van der Waals surface area (Å²) < 4.78 is 47.7. The van der Waals surface area contributed by atoms with E-state index in [1.54, 1.807) is 39.0 Å². The SMILES string of the molecule is CC(C)(C)N1C=C(S(=O)(=O)c2ccccc2)SC1S(N)(=O)=O. The van der Waals surface area contributed by atoms with Crippen molar-refractivity contribution in [3.8, 4) is 0 Å². The predicted octanol–water partition coefficient (Wildman–Crippen LogP) is 1.68. The van der Waals surface area contributed by atoms with Gasteiger partial charge in [-0.25, -0.2) is 22.0 Å². The van der Waals surface area contributed by atoms with Crippen LogP contribution in [-0.2, 0) is 19.9 Å². The minimum absolute atomic E-state index is 0.0207. The Morgan fingerprint density at radius 2 is 1.64 bits per heavy atom. The van der Waals surface area contributed by atoms with Crippen molar-refractivity contribution in [1.29, 1.82) is 0 Å². The molecule has 0 saturated heterocycles. The van der Waals surface area contributed by atoms with Crippen LogP contribution in [0, 0.1) is 0 Å². The summed E-state index contributed by atoms with van der Waals surface area (Å²) in [6.07, 6.45) is 1.36. The molecule has 22 heavy (non-hydrogen) atoms. The van der Waals surface area contributed by atoms with Gasteiger partial charge in [0.25, 0.3) is 0 Å². The number of nitrogens with zero attached hydrogens (tertiary/aromatic N) is 1. The molecule has 6 nitrogen and oxygen atoms in total. The maximum atomic E-state index is 12.6. The van der Waals surface area contributed by atoms with Gasteiger partial charge in [0.15, 0.2) is 4.71 Å². The molecule has 0 aromatic heterocycles. The van der Waals surface area contributed by atoms with Crippen molar-refractivity contribution >= 4 is 31.6 Å². The molecule has 0 saturated carbocycles. The maximum Gasteiger partial charge on any atom is 0.240 e. The lowest BCUT2D eigenvalue weighted by atomic mass is 10.1. The fourth-order valence-electron chi connectivity index (χ4n) is 1.94. The number of thioether (sulfide) groups is 1. The van der Waals surface area contributed by atoms with Gasteiger partial charge in [0, 0.05) is 11.7 Å². The fraction of sp³-hybridized carbons (Fsp3) is 0.385. The largest absolute Gasteiger partial charge is 0.345 e. The third-order valence-corrected chi connectivity index (χ3v) is 8.19. The molecular formula is C13H18N2O4S3. The Kier molecular flexibility index (Phi) is 4.37. The minimum atomic E-state index is -3.94. The standard InChI is InChI=1S/C13H18N2O4S3/c1-13(2,3)15-9-11(20-12(15)22(14,18)19)21(16,17)10-7-5-4-6-8-10/h4-9,12H,1-3H3,(H2,14,18,19). The van der Waals surface area contributed by atoms with E-state index in [0.29, 0.717) is 0 Å². The van der Waals surface area contributed by atoms with Crippen molar-refractivity contribution in [1.82, 2.24) is 4.90 Å². The first-order valence-electron chi connectivity index (χ1n) is 6.43. The summed E-state index contributed by atoms with van der Waals surface area (Å²) in [5, 5.41) is 5.25. The van der Waals surface area contributed by atoms with Crippen LogP contribution in [0.15, 0.2) is 45.7 Å². The first kappa shape index (κ1) is 17.3. The summed E-state index contributed by atoms with van der Waals surface area (Å²) in [5.74, 6) is 0. The fourth-order valence-corrected chi connectivity index (χ4v) is 6.60. The van der Waals surface area contributed by atoms with Crippen LogP contribution < -0.4 is 5.14 Å². The predicted molar refractivity (Wildman–Crippen MR) is 87.8 cm³/mol. The van der Waals surface area contributed by atoms with Gasteiger partial charge >= 0.3 is 0 Å². The van der Waals surface area contributed by atoms with Gasteiger partial charge in [0.05, 0.1) is 4.90 Å². The van der Waals surface area contributed by atoms with E-state index in [-0.39, 0.29) is 9.13 Å². The molecule has 0 aliphatic carbocycles. The number of benzene rings is 1. The van der Waals surface area contributed by atoms with Crippen LogP contribution >= 0.6 is 11.8 Å². The second kappa shape index (κ2) is 5.55. The van der Waals surface area contributed by atoms with Gasteiger partial charge in [-0.3, -0.25) is 0 Å².